The zero-order valence-corrected chi connectivity index (χ0v) is 13.9. The van der Waals surface area contributed by atoms with Gasteiger partial charge in [0.05, 0.1) is 11.9 Å². The molecule has 5 heteroatoms. The first-order valence-electron chi connectivity index (χ1n) is 6.94. The molecule has 1 aliphatic rings. The molecule has 1 atom stereocenters. The number of sulfonamides is 1. The van der Waals surface area contributed by atoms with E-state index in [1.807, 2.05) is 18.2 Å². The van der Waals surface area contributed by atoms with Gasteiger partial charge < -0.3 is 4.90 Å². The molecule has 2 rings (SSSR count). The first-order chi connectivity index (χ1) is 9.04. The summed E-state index contributed by atoms with van der Waals surface area (Å²) in [4.78, 5) is 2.36. The van der Waals surface area contributed by atoms with Crippen LogP contribution >= 0.6 is 0 Å². The summed E-state index contributed by atoms with van der Waals surface area (Å²) in [6.45, 7) is 11.0. The molecule has 0 saturated heterocycles. The first kappa shape index (κ1) is 15.2. The van der Waals surface area contributed by atoms with Crippen molar-refractivity contribution < 1.29 is 8.42 Å². The molecule has 0 saturated carbocycles. The van der Waals surface area contributed by atoms with E-state index in [1.165, 1.54) is 11.8 Å². The van der Waals surface area contributed by atoms with Gasteiger partial charge in [0.2, 0.25) is 10.0 Å². The third-order valence-corrected chi connectivity index (χ3v) is 4.90. The Labute approximate surface area is 122 Å². The fourth-order valence-corrected chi connectivity index (χ4v) is 3.63. The number of fused-ring (bicyclic) bond motifs is 1. The van der Waals surface area contributed by atoms with Gasteiger partial charge in [-0.1, -0.05) is 19.9 Å². The van der Waals surface area contributed by atoms with E-state index in [0.29, 0.717) is 17.8 Å². The summed E-state index contributed by atoms with van der Waals surface area (Å²) in [5.41, 5.74) is 3.09. The Kier molecular flexibility index (Phi) is 3.53. The molecule has 0 aromatic heterocycles. The number of anilines is 2. The lowest BCUT2D eigenvalue weighted by Crippen LogP contribution is -2.42. The van der Waals surface area contributed by atoms with Gasteiger partial charge in [0, 0.05) is 23.2 Å². The van der Waals surface area contributed by atoms with Crippen molar-refractivity contribution in [2.45, 2.75) is 52.1 Å². The van der Waals surface area contributed by atoms with Gasteiger partial charge in [0.1, 0.15) is 0 Å². The Morgan fingerprint density at radius 1 is 1.30 bits per heavy atom. The summed E-state index contributed by atoms with van der Waals surface area (Å²) >= 11 is 0. The minimum atomic E-state index is -3.24. The Hall–Kier alpha value is -1.23. The smallest absolute Gasteiger partial charge is 0.229 e. The number of nitrogens with one attached hydrogen (secondary N) is 1. The highest BCUT2D eigenvalue weighted by Gasteiger charge is 2.42. The van der Waals surface area contributed by atoms with Crippen LogP contribution in [0, 0.1) is 0 Å². The van der Waals surface area contributed by atoms with Crippen LogP contribution in [0.2, 0.25) is 0 Å². The zero-order chi connectivity index (χ0) is 15.3. The van der Waals surface area contributed by atoms with E-state index in [2.05, 4.69) is 44.2 Å². The summed E-state index contributed by atoms with van der Waals surface area (Å²) in [6.07, 6.45) is 1.17. The summed E-state index contributed by atoms with van der Waals surface area (Å²) in [6, 6.07) is 6.59. The molecule has 1 aromatic rings. The van der Waals surface area contributed by atoms with E-state index in [-0.39, 0.29) is 5.41 Å². The fourth-order valence-electron chi connectivity index (χ4n) is 3.07. The third-order valence-electron chi connectivity index (χ3n) is 4.29. The van der Waals surface area contributed by atoms with Gasteiger partial charge >= 0.3 is 0 Å². The van der Waals surface area contributed by atoms with E-state index in [0.717, 1.165) is 5.69 Å². The van der Waals surface area contributed by atoms with Crippen molar-refractivity contribution in [3.8, 4) is 0 Å². The molecule has 0 spiro atoms. The number of nitrogens with zero attached hydrogens (tertiary/aromatic N) is 1. The van der Waals surface area contributed by atoms with Crippen molar-refractivity contribution in [1.82, 2.24) is 0 Å². The Morgan fingerprint density at radius 3 is 2.40 bits per heavy atom. The lowest BCUT2D eigenvalue weighted by Gasteiger charge is -2.34. The molecule has 0 bridgehead atoms. The largest absolute Gasteiger partial charge is 0.365 e. The van der Waals surface area contributed by atoms with Crippen molar-refractivity contribution >= 4 is 21.4 Å². The number of benzene rings is 1. The molecular formula is C15H24N2O2S. The van der Waals surface area contributed by atoms with Crippen LogP contribution in [-0.4, -0.2) is 26.8 Å². The summed E-state index contributed by atoms with van der Waals surface area (Å²) < 4.78 is 25.3. The van der Waals surface area contributed by atoms with Gasteiger partial charge in [-0.3, -0.25) is 4.72 Å². The van der Waals surface area contributed by atoms with Crippen LogP contribution < -0.4 is 9.62 Å². The average Bonchev–Trinajstić information content (AvgIpc) is 2.44. The van der Waals surface area contributed by atoms with E-state index >= 15 is 0 Å². The van der Waals surface area contributed by atoms with Crippen LogP contribution in [0.5, 0.6) is 0 Å². The predicted octanol–water partition coefficient (Wildman–Crippen LogP) is 2.95. The average molecular weight is 296 g/mol. The van der Waals surface area contributed by atoms with E-state index in [1.54, 1.807) is 0 Å². The van der Waals surface area contributed by atoms with Gasteiger partial charge in [-0.05, 0) is 38.5 Å². The third kappa shape index (κ3) is 2.51. The van der Waals surface area contributed by atoms with E-state index in [4.69, 9.17) is 0 Å². The maximum absolute atomic E-state index is 11.4. The highest BCUT2D eigenvalue weighted by Crippen LogP contribution is 2.46. The molecule has 112 valence electrons. The lowest BCUT2D eigenvalue weighted by atomic mass is 9.81. The highest BCUT2D eigenvalue weighted by molar-refractivity contribution is 7.92. The molecule has 1 unspecified atom stereocenters. The predicted molar refractivity (Wildman–Crippen MR) is 85.0 cm³/mol. The SMILES string of the molecule is CC(C)N1c2cc(NS(C)(=O)=O)ccc2C(C)(C)C1C. The van der Waals surface area contributed by atoms with E-state index < -0.39 is 10.0 Å². The first-order valence-corrected chi connectivity index (χ1v) is 8.84. The second-order valence-corrected chi connectivity index (χ2v) is 8.25. The molecular weight excluding hydrogens is 272 g/mol. The van der Waals surface area contributed by atoms with Crippen molar-refractivity contribution in [1.29, 1.82) is 0 Å². The van der Waals surface area contributed by atoms with Crippen LogP contribution in [0.4, 0.5) is 11.4 Å². The molecule has 0 radical (unpaired) electrons. The van der Waals surface area contributed by atoms with Gasteiger partial charge in [0.25, 0.3) is 0 Å². The topological polar surface area (TPSA) is 49.4 Å². The second kappa shape index (κ2) is 4.65. The van der Waals surface area contributed by atoms with Crippen LogP contribution in [-0.2, 0) is 15.4 Å². The molecule has 1 N–H and O–H groups in total. The van der Waals surface area contributed by atoms with Crippen molar-refractivity contribution in [2.24, 2.45) is 0 Å². The number of hydrogen-bond acceptors (Lipinski definition) is 3. The minimum absolute atomic E-state index is 0.0588. The Balaban J connectivity index is 2.53. The van der Waals surface area contributed by atoms with Crippen molar-refractivity contribution in [3.05, 3.63) is 23.8 Å². The van der Waals surface area contributed by atoms with Crippen molar-refractivity contribution in [2.75, 3.05) is 15.9 Å². The Morgan fingerprint density at radius 2 is 1.90 bits per heavy atom. The van der Waals surface area contributed by atoms with Crippen LogP contribution in [0.15, 0.2) is 18.2 Å². The summed E-state index contributed by atoms with van der Waals surface area (Å²) in [5.74, 6) is 0. The standard InChI is InChI=1S/C15H24N2O2S/c1-10(2)17-11(3)15(4,5)13-8-7-12(9-14(13)17)16-20(6,18)19/h7-11,16H,1-6H3. The van der Waals surface area contributed by atoms with Crippen LogP contribution in [0.25, 0.3) is 0 Å². The highest BCUT2D eigenvalue weighted by atomic mass is 32.2. The van der Waals surface area contributed by atoms with Crippen LogP contribution in [0.1, 0.15) is 40.2 Å². The quantitative estimate of drug-likeness (QED) is 0.933. The van der Waals surface area contributed by atoms with Gasteiger partial charge in [-0.25, -0.2) is 8.42 Å². The van der Waals surface area contributed by atoms with Gasteiger partial charge in [-0.15, -0.1) is 0 Å². The fraction of sp³-hybridized carbons (Fsp3) is 0.600. The zero-order valence-electron chi connectivity index (χ0n) is 13.1. The molecule has 0 amide bonds. The molecule has 4 nitrogen and oxygen atoms in total. The maximum Gasteiger partial charge on any atom is 0.229 e. The lowest BCUT2D eigenvalue weighted by molar-refractivity contribution is 0.425. The Bertz CT molecular complexity index is 621. The molecule has 1 aromatic carbocycles. The molecule has 0 fully saturated rings. The monoisotopic (exact) mass is 296 g/mol. The van der Waals surface area contributed by atoms with Gasteiger partial charge in [0.15, 0.2) is 0 Å². The van der Waals surface area contributed by atoms with Gasteiger partial charge in [-0.2, -0.15) is 0 Å². The van der Waals surface area contributed by atoms with Crippen LogP contribution in [0.3, 0.4) is 0 Å². The van der Waals surface area contributed by atoms with E-state index in [9.17, 15) is 8.42 Å². The van der Waals surface area contributed by atoms with Crippen molar-refractivity contribution in [3.63, 3.8) is 0 Å². The normalized spacial score (nSPS) is 21.1. The number of rotatable bonds is 3. The molecule has 0 aliphatic carbocycles. The molecule has 20 heavy (non-hydrogen) atoms. The molecule has 1 heterocycles. The molecule has 1 aliphatic heterocycles. The summed E-state index contributed by atoms with van der Waals surface area (Å²) in [7, 11) is -3.24. The summed E-state index contributed by atoms with van der Waals surface area (Å²) in [5, 5.41) is 0. The maximum atomic E-state index is 11.4. The minimum Gasteiger partial charge on any atom is -0.365 e. The second-order valence-electron chi connectivity index (χ2n) is 6.50. The number of hydrogen-bond donors (Lipinski definition) is 1.